The second-order valence-electron chi connectivity index (χ2n) is 3.74. The quantitative estimate of drug-likeness (QED) is 0.397. The summed E-state index contributed by atoms with van der Waals surface area (Å²) in [6.45, 7) is 3.32. The number of likely N-dealkylation sites (N-methyl/N-ethyl adjacent to an activating group) is 1. The largest absolute Gasteiger partial charge is 0.593 e. The lowest BCUT2D eigenvalue weighted by Gasteiger charge is -2.21. The Balaban J connectivity index is 4.44. The van der Waals surface area contributed by atoms with Gasteiger partial charge in [-0.25, -0.2) is 9.32 Å². The summed E-state index contributed by atoms with van der Waals surface area (Å²) in [4.78, 5) is 21.8. The molecule has 5 nitrogen and oxygen atoms in total. The van der Waals surface area contributed by atoms with Gasteiger partial charge in [-0.3, -0.25) is 0 Å². The van der Waals surface area contributed by atoms with Gasteiger partial charge >= 0.3 is 19.4 Å². The molecule has 6 heteroatoms. The highest BCUT2D eigenvalue weighted by Gasteiger charge is 2.20. The number of rotatable bonds is 4. The first kappa shape index (κ1) is 13.3. The molecule has 14 heavy (non-hydrogen) atoms. The van der Waals surface area contributed by atoms with Crippen LogP contribution in [0.4, 0.5) is 0 Å². The number of hydrogen-bond donors (Lipinski definition) is 1. The van der Waals surface area contributed by atoms with E-state index < -0.39 is 14.0 Å². The summed E-state index contributed by atoms with van der Waals surface area (Å²) >= 11 is 0. The standard InChI is InChI=1S/C8H14NO4P/c1-5-7(10)13-14(12)8(11)6-9(2,3)4/h5H,1,6H2,2-4H3/p+1. The zero-order valence-electron chi connectivity index (χ0n) is 8.56. The lowest BCUT2D eigenvalue weighted by molar-refractivity contribution is -0.861. The predicted octanol–water partition coefficient (Wildman–Crippen LogP) is -0.404. The van der Waals surface area contributed by atoms with E-state index in [1.54, 1.807) is 0 Å². The molecule has 0 fully saturated rings. The van der Waals surface area contributed by atoms with Crippen LogP contribution in [0.5, 0.6) is 0 Å². The van der Waals surface area contributed by atoms with Crippen LogP contribution in [0.2, 0.25) is 0 Å². The Labute approximate surface area is 84.4 Å². The maximum Gasteiger partial charge on any atom is 0.382 e. The van der Waals surface area contributed by atoms with Crippen LogP contribution in [-0.2, 0) is 9.32 Å². The van der Waals surface area contributed by atoms with E-state index in [4.69, 9.17) is 0 Å². The molecule has 0 saturated carbocycles. The molecule has 0 aliphatic rings. The van der Waals surface area contributed by atoms with Gasteiger partial charge in [0, 0.05) is 6.08 Å². The zero-order valence-corrected chi connectivity index (χ0v) is 9.45. The molecule has 0 rings (SSSR count). The van der Waals surface area contributed by atoms with Crippen LogP contribution in [0, 0.1) is 0 Å². The number of hydrogen-bond acceptors (Lipinski definition) is 3. The third-order valence-corrected chi connectivity index (χ3v) is 2.07. The lowest BCUT2D eigenvalue weighted by Crippen LogP contribution is -2.39. The van der Waals surface area contributed by atoms with Crippen molar-refractivity contribution in [3.63, 3.8) is 0 Å². The first-order chi connectivity index (χ1) is 6.26. The highest BCUT2D eigenvalue weighted by atomic mass is 31.1. The van der Waals surface area contributed by atoms with Crippen molar-refractivity contribution >= 4 is 19.4 Å². The van der Waals surface area contributed by atoms with Crippen molar-refractivity contribution in [2.45, 2.75) is 0 Å². The maximum absolute atomic E-state index is 11.2. The van der Waals surface area contributed by atoms with Crippen molar-refractivity contribution in [2.75, 3.05) is 27.7 Å². The molecule has 1 atom stereocenters. The molecular formula is C8H15NO4P+. The van der Waals surface area contributed by atoms with Crippen molar-refractivity contribution in [3.8, 4) is 0 Å². The van der Waals surface area contributed by atoms with Crippen LogP contribution in [0.25, 0.3) is 0 Å². The molecule has 0 amide bonds. The molecule has 1 N–H and O–H groups in total. The lowest BCUT2D eigenvalue weighted by atomic mass is 10.5. The molecule has 0 bridgehead atoms. The molecule has 0 aliphatic heterocycles. The number of nitrogens with zero attached hydrogens (tertiary/aromatic N) is 1. The van der Waals surface area contributed by atoms with E-state index in [0.29, 0.717) is 4.48 Å². The predicted molar refractivity (Wildman–Crippen MR) is 53.1 cm³/mol. The summed E-state index contributed by atoms with van der Waals surface area (Å²) in [6, 6.07) is 0. The number of aliphatic hydroxyl groups is 1. The van der Waals surface area contributed by atoms with E-state index >= 15 is 0 Å². The van der Waals surface area contributed by atoms with E-state index in [1.165, 1.54) is 0 Å². The smallest absolute Gasteiger partial charge is 0.382 e. The van der Waals surface area contributed by atoms with Crippen LogP contribution in [0.15, 0.2) is 12.7 Å². The van der Waals surface area contributed by atoms with Crippen LogP contribution < -0.4 is 4.89 Å². The van der Waals surface area contributed by atoms with Crippen LogP contribution in [0.1, 0.15) is 0 Å². The maximum atomic E-state index is 11.2. The third-order valence-electron chi connectivity index (χ3n) is 1.17. The first-order valence-corrected chi connectivity index (χ1v) is 5.11. The molecule has 0 aromatic carbocycles. The van der Waals surface area contributed by atoms with E-state index in [0.717, 1.165) is 6.08 Å². The summed E-state index contributed by atoms with van der Waals surface area (Å²) in [5.41, 5.74) is -0.331. The topological polar surface area (TPSA) is 69.6 Å². The van der Waals surface area contributed by atoms with Gasteiger partial charge in [0.1, 0.15) is 0 Å². The van der Waals surface area contributed by atoms with E-state index in [-0.39, 0.29) is 12.0 Å². The third kappa shape index (κ3) is 5.83. The van der Waals surface area contributed by atoms with E-state index in [9.17, 15) is 14.8 Å². The Morgan fingerprint density at radius 1 is 1.64 bits per heavy atom. The Morgan fingerprint density at radius 2 is 2.14 bits per heavy atom. The minimum absolute atomic E-state index is 0.166. The summed E-state index contributed by atoms with van der Waals surface area (Å²) in [5, 5.41) is 9.30. The van der Waals surface area contributed by atoms with Gasteiger partial charge < -0.3 is 14.5 Å². The highest BCUT2D eigenvalue weighted by Crippen LogP contribution is 2.16. The van der Waals surface area contributed by atoms with Gasteiger partial charge in [-0.15, -0.1) is 0 Å². The summed E-state index contributed by atoms with van der Waals surface area (Å²) < 4.78 is 4.76. The van der Waals surface area contributed by atoms with Gasteiger partial charge in [0.2, 0.25) is 0 Å². The number of carbonyl (C=O) groups excluding carboxylic acids is 1. The summed E-state index contributed by atoms with van der Waals surface area (Å²) in [6.07, 6.45) is 0.895. The number of carbonyl (C=O) groups is 1. The molecule has 0 heterocycles. The Morgan fingerprint density at radius 3 is 2.50 bits per heavy atom. The van der Waals surface area contributed by atoms with Crippen molar-refractivity contribution in [2.24, 2.45) is 0 Å². The number of quaternary nitrogens is 1. The second-order valence-corrected chi connectivity index (χ2v) is 4.95. The Bertz CT molecular complexity index is 267. The number of aliphatic hydroxyl groups excluding tert-OH is 1. The van der Waals surface area contributed by atoms with Crippen LogP contribution >= 0.6 is 8.00 Å². The average Bonchev–Trinajstić information content (AvgIpc) is 2.00. The molecule has 0 radical (unpaired) electrons. The molecule has 0 spiro atoms. The normalized spacial score (nSPS) is 13.2. The minimum atomic E-state index is -2.47. The molecule has 0 saturated heterocycles. The fraction of sp³-hybridized carbons (Fsp3) is 0.500. The SMILES string of the molecule is C=CC(=O)O[P+]([O-])=C(O)C[N+](C)(C)C. The van der Waals surface area contributed by atoms with Crippen molar-refractivity contribution in [1.29, 1.82) is 0 Å². The summed E-state index contributed by atoms with van der Waals surface area (Å²) in [7, 11) is 2.98. The van der Waals surface area contributed by atoms with Gasteiger partial charge in [-0.05, 0) is 0 Å². The highest BCUT2D eigenvalue weighted by molar-refractivity contribution is 7.46. The molecule has 0 aliphatic carbocycles. The van der Waals surface area contributed by atoms with Gasteiger partial charge in [-0.1, -0.05) is 6.58 Å². The van der Waals surface area contributed by atoms with Crippen LogP contribution in [0.3, 0.4) is 0 Å². The fourth-order valence-electron chi connectivity index (χ4n) is 0.654. The Hall–Kier alpha value is -0.740. The summed E-state index contributed by atoms with van der Waals surface area (Å²) in [5.74, 6) is -0.806. The van der Waals surface area contributed by atoms with Gasteiger partial charge in [-0.2, -0.15) is 0 Å². The van der Waals surface area contributed by atoms with Gasteiger partial charge in [0.25, 0.3) is 0 Å². The van der Waals surface area contributed by atoms with Gasteiger partial charge in [0.05, 0.1) is 21.1 Å². The minimum Gasteiger partial charge on any atom is -0.593 e. The molecule has 1 unspecified atom stereocenters. The molecule has 80 valence electrons. The molecule has 0 aromatic rings. The van der Waals surface area contributed by atoms with Gasteiger partial charge in [0.15, 0.2) is 6.54 Å². The average molecular weight is 220 g/mol. The molecule has 0 aromatic heterocycles. The van der Waals surface area contributed by atoms with Crippen molar-refractivity contribution < 1.29 is 23.8 Å². The zero-order chi connectivity index (χ0) is 11.4. The van der Waals surface area contributed by atoms with Crippen molar-refractivity contribution in [3.05, 3.63) is 12.7 Å². The Kier molecular flexibility index (Phi) is 4.94. The molecular weight excluding hydrogens is 205 g/mol. The van der Waals surface area contributed by atoms with Crippen molar-refractivity contribution in [1.82, 2.24) is 0 Å². The fourth-order valence-corrected chi connectivity index (χ4v) is 1.54. The second kappa shape index (κ2) is 5.22. The monoisotopic (exact) mass is 220 g/mol. The van der Waals surface area contributed by atoms with E-state index in [2.05, 4.69) is 11.1 Å². The first-order valence-electron chi connectivity index (χ1n) is 3.93. The van der Waals surface area contributed by atoms with E-state index in [1.807, 2.05) is 21.1 Å². The van der Waals surface area contributed by atoms with Crippen LogP contribution in [-0.4, -0.2) is 48.7 Å².